The number of ether oxygens (including phenoxy) is 1. The van der Waals surface area contributed by atoms with Gasteiger partial charge in [-0.05, 0) is 31.1 Å². The van der Waals surface area contributed by atoms with Crippen LogP contribution in [0.1, 0.15) is 19.3 Å². The highest BCUT2D eigenvalue weighted by Crippen LogP contribution is 2.51. The lowest BCUT2D eigenvalue weighted by Crippen LogP contribution is -2.30. The van der Waals surface area contributed by atoms with Crippen LogP contribution in [0.2, 0.25) is 0 Å². The van der Waals surface area contributed by atoms with Crippen molar-refractivity contribution in [2.24, 2.45) is 17.8 Å². The molecule has 12 heavy (non-hydrogen) atoms. The standard InChI is InChI=1S/C9H13ClO2/c1-12-9(11)7-5-2-3-6(4-5)8(7)10/h5-8H,2-4H2,1H3/t5-,6-,7+,8+/m0/s1. The number of methoxy groups -OCH3 is 1. The largest absolute Gasteiger partial charge is 0.469 e. The summed E-state index contributed by atoms with van der Waals surface area (Å²) in [6.45, 7) is 0. The molecule has 0 aromatic heterocycles. The van der Waals surface area contributed by atoms with Gasteiger partial charge in [-0.2, -0.15) is 0 Å². The van der Waals surface area contributed by atoms with Gasteiger partial charge in [0.25, 0.3) is 0 Å². The maximum atomic E-state index is 11.3. The van der Waals surface area contributed by atoms with Crippen LogP contribution in [0.3, 0.4) is 0 Å². The van der Waals surface area contributed by atoms with Crippen LogP contribution in [0.4, 0.5) is 0 Å². The Balaban J connectivity index is 2.12. The average Bonchev–Trinajstić information content (AvgIpc) is 2.63. The molecule has 3 heteroatoms. The average molecular weight is 189 g/mol. The minimum Gasteiger partial charge on any atom is -0.469 e. The van der Waals surface area contributed by atoms with Crippen LogP contribution in [0.25, 0.3) is 0 Å². The van der Waals surface area contributed by atoms with E-state index in [0.29, 0.717) is 11.8 Å². The fourth-order valence-electron chi connectivity index (χ4n) is 2.68. The van der Waals surface area contributed by atoms with E-state index in [-0.39, 0.29) is 17.3 Å². The minimum absolute atomic E-state index is 0.0181. The molecule has 2 bridgehead atoms. The van der Waals surface area contributed by atoms with E-state index in [4.69, 9.17) is 16.3 Å². The van der Waals surface area contributed by atoms with E-state index < -0.39 is 0 Å². The monoisotopic (exact) mass is 188 g/mol. The normalized spacial score (nSPS) is 44.8. The third kappa shape index (κ3) is 1.05. The third-order valence-corrected chi connectivity index (χ3v) is 3.92. The summed E-state index contributed by atoms with van der Waals surface area (Å²) in [6, 6.07) is 0. The second-order valence-corrected chi connectivity index (χ2v) is 4.33. The van der Waals surface area contributed by atoms with E-state index in [1.807, 2.05) is 0 Å². The molecule has 0 amide bonds. The fourth-order valence-corrected chi connectivity index (χ4v) is 3.22. The van der Waals surface area contributed by atoms with Crippen LogP contribution in [-0.4, -0.2) is 18.5 Å². The molecular formula is C9H13ClO2. The molecule has 4 atom stereocenters. The van der Waals surface area contributed by atoms with Gasteiger partial charge in [0.15, 0.2) is 0 Å². The lowest BCUT2D eigenvalue weighted by atomic mass is 9.88. The Morgan fingerprint density at radius 1 is 1.42 bits per heavy atom. The zero-order valence-corrected chi connectivity index (χ0v) is 7.88. The van der Waals surface area contributed by atoms with Crippen LogP contribution < -0.4 is 0 Å². The SMILES string of the molecule is COC(=O)[C@@H]1[C@H]2CC[C@@H](C2)[C@H]1Cl. The first kappa shape index (κ1) is 8.36. The lowest BCUT2D eigenvalue weighted by Gasteiger charge is -2.23. The molecule has 0 saturated heterocycles. The smallest absolute Gasteiger partial charge is 0.310 e. The summed E-state index contributed by atoms with van der Waals surface area (Å²) in [5.74, 6) is 0.948. The lowest BCUT2D eigenvalue weighted by molar-refractivity contribution is -0.147. The number of carbonyl (C=O) groups excluding carboxylic acids is 1. The van der Waals surface area contributed by atoms with E-state index >= 15 is 0 Å². The van der Waals surface area contributed by atoms with Gasteiger partial charge in [0.2, 0.25) is 0 Å². The molecule has 0 spiro atoms. The predicted octanol–water partition coefficient (Wildman–Crippen LogP) is 1.81. The Morgan fingerprint density at radius 3 is 2.58 bits per heavy atom. The van der Waals surface area contributed by atoms with Gasteiger partial charge in [0.1, 0.15) is 0 Å². The van der Waals surface area contributed by atoms with E-state index in [1.165, 1.54) is 13.5 Å². The highest BCUT2D eigenvalue weighted by atomic mass is 35.5. The number of halogens is 1. The van der Waals surface area contributed by atoms with Crippen molar-refractivity contribution >= 4 is 17.6 Å². The van der Waals surface area contributed by atoms with Crippen molar-refractivity contribution in [3.63, 3.8) is 0 Å². The van der Waals surface area contributed by atoms with Crippen molar-refractivity contribution in [2.45, 2.75) is 24.6 Å². The zero-order chi connectivity index (χ0) is 8.72. The van der Waals surface area contributed by atoms with Crippen LogP contribution in [-0.2, 0) is 9.53 Å². The molecule has 2 aliphatic rings. The predicted molar refractivity (Wildman–Crippen MR) is 46.0 cm³/mol. The Hall–Kier alpha value is -0.240. The molecule has 0 N–H and O–H groups in total. The summed E-state index contributed by atoms with van der Waals surface area (Å²) in [5, 5.41) is 0.0381. The van der Waals surface area contributed by atoms with E-state index in [9.17, 15) is 4.79 Å². The Kier molecular flexibility index (Phi) is 2.03. The van der Waals surface area contributed by atoms with Crippen molar-refractivity contribution < 1.29 is 9.53 Å². The van der Waals surface area contributed by atoms with Crippen LogP contribution in [0.15, 0.2) is 0 Å². The maximum absolute atomic E-state index is 11.3. The molecule has 0 heterocycles. The number of rotatable bonds is 1. The van der Waals surface area contributed by atoms with Gasteiger partial charge in [0.05, 0.1) is 13.0 Å². The Bertz CT molecular complexity index is 203. The summed E-state index contributed by atoms with van der Waals surface area (Å²) in [7, 11) is 1.44. The number of fused-ring (bicyclic) bond motifs is 2. The molecule has 0 aromatic carbocycles. The second-order valence-electron chi connectivity index (χ2n) is 3.83. The molecular weight excluding hydrogens is 176 g/mol. The first-order chi connectivity index (χ1) is 5.74. The van der Waals surface area contributed by atoms with Crippen LogP contribution >= 0.6 is 11.6 Å². The van der Waals surface area contributed by atoms with Gasteiger partial charge in [-0.15, -0.1) is 11.6 Å². The quantitative estimate of drug-likeness (QED) is 0.464. The van der Waals surface area contributed by atoms with Gasteiger partial charge >= 0.3 is 5.97 Å². The van der Waals surface area contributed by atoms with E-state index in [1.54, 1.807) is 0 Å². The summed E-state index contributed by atoms with van der Waals surface area (Å²) in [4.78, 5) is 11.3. The number of hydrogen-bond donors (Lipinski definition) is 0. The van der Waals surface area contributed by atoms with Crippen molar-refractivity contribution in [3.8, 4) is 0 Å². The second kappa shape index (κ2) is 2.91. The topological polar surface area (TPSA) is 26.3 Å². The summed E-state index contributed by atoms with van der Waals surface area (Å²) >= 11 is 6.15. The number of hydrogen-bond acceptors (Lipinski definition) is 2. The molecule has 0 aromatic rings. The molecule has 0 aliphatic heterocycles. The highest BCUT2D eigenvalue weighted by Gasteiger charge is 2.50. The fraction of sp³-hybridized carbons (Fsp3) is 0.889. The van der Waals surface area contributed by atoms with Gasteiger partial charge in [-0.3, -0.25) is 4.79 Å². The maximum Gasteiger partial charge on any atom is 0.310 e. The molecule has 2 fully saturated rings. The van der Waals surface area contributed by atoms with E-state index in [0.717, 1.165) is 12.8 Å². The van der Waals surface area contributed by atoms with Crippen LogP contribution in [0.5, 0.6) is 0 Å². The highest BCUT2D eigenvalue weighted by molar-refractivity contribution is 6.22. The Morgan fingerprint density at radius 2 is 2.08 bits per heavy atom. The van der Waals surface area contributed by atoms with Crippen molar-refractivity contribution in [1.82, 2.24) is 0 Å². The summed E-state index contributed by atoms with van der Waals surface area (Å²) in [6.07, 6.45) is 3.49. The van der Waals surface area contributed by atoms with Crippen molar-refractivity contribution in [1.29, 1.82) is 0 Å². The zero-order valence-electron chi connectivity index (χ0n) is 7.13. The van der Waals surface area contributed by atoms with Crippen molar-refractivity contribution in [2.75, 3.05) is 7.11 Å². The molecule has 2 nitrogen and oxygen atoms in total. The molecule has 68 valence electrons. The first-order valence-corrected chi connectivity index (χ1v) is 4.89. The number of alkyl halides is 1. The Labute approximate surface area is 77.2 Å². The molecule has 0 radical (unpaired) electrons. The van der Waals surface area contributed by atoms with Gasteiger partial charge in [0, 0.05) is 5.38 Å². The first-order valence-electron chi connectivity index (χ1n) is 4.46. The van der Waals surface area contributed by atoms with Gasteiger partial charge in [-0.25, -0.2) is 0 Å². The molecule has 2 aliphatic carbocycles. The number of carbonyl (C=O) groups is 1. The van der Waals surface area contributed by atoms with Gasteiger partial charge < -0.3 is 4.74 Å². The van der Waals surface area contributed by atoms with Crippen LogP contribution in [0, 0.1) is 17.8 Å². The van der Waals surface area contributed by atoms with Crippen molar-refractivity contribution in [3.05, 3.63) is 0 Å². The van der Waals surface area contributed by atoms with E-state index in [2.05, 4.69) is 0 Å². The third-order valence-electron chi connectivity index (χ3n) is 3.29. The molecule has 0 unspecified atom stereocenters. The minimum atomic E-state index is -0.109. The summed E-state index contributed by atoms with van der Waals surface area (Å²) < 4.78 is 4.73. The van der Waals surface area contributed by atoms with Gasteiger partial charge in [-0.1, -0.05) is 0 Å². The summed E-state index contributed by atoms with van der Waals surface area (Å²) in [5.41, 5.74) is 0. The molecule has 2 rings (SSSR count). The number of esters is 1. The molecule has 2 saturated carbocycles.